The predicted octanol–water partition coefficient (Wildman–Crippen LogP) is -0.303. The number of nitrogens with zero attached hydrogens (tertiary/aromatic N) is 3. The Morgan fingerprint density at radius 1 is 1.16 bits per heavy atom. The molecule has 9 nitrogen and oxygen atoms in total. The van der Waals surface area contributed by atoms with Crippen molar-refractivity contribution in [2.45, 2.75) is 17.9 Å². The lowest BCUT2D eigenvalue weighted by atomic mass is 10.1. The molecule has 0 fully saturated rings. The standard InChI is InChI=1S/C15H15N5O4S/c1-19-8-16-13-7-20(5-4-10(13)14(19)21)25(23,24)9-2-3-11-12(6-9)18-15(22)17-11/h2-3,6,8H,4-5,7H2,1H3,(H2,17,18,22). The smallest absolute Gasteiger partial charge is 0.306 e. The lowest BCUT2D eigenvalue weighted by molar-refractivity contribution is 0.382. The largest absolute Gasteiger partial charge is 0.323 e. The Hall–Kier alpha value is -2.72. The highest BCUT2D eigenvalue weighted by Gasteiger charge is 2.30. The second-order valence-electron chi connectivity index (χ2n) is 5.96. The highest BCUT2D eigenvalue weighted by molar-refractivity contribution is 7.89. The van der Waals surface area contributed by atoms with E-state index < -0.39 is 15.7 Å². The van der Waals surface area contributed by atoms with Crippen LogP contribution in [0, 0.1) is 0 Å². The normalized spacial score (nSPS) is 15.4. The Labute approximate surface area is 142 Å². The summed E-state index contributed by atoms with van der Waals surface area (Å²) in [4.78, 5) is 32.9. The molecule has 4 rings (SSSR count). The van der Waals surface area contributed by atoms with Gasteiger partial charge in [0.15, 0.2) is 0 Å². The number of hydrogen-bond acceptors (Lipinski definition) is 5. The maximum absolute atomic E-state index is 12.9. The topological polar surface area (TPSA) is 121 Å². The Bertz CT molecular complexity index is 1200. The molecule has 25 heavy (non-hydrogen) atoms. The van der Waals surface area contributed by atoms with Gasteiger partial charge in [0.2, 0.25) is 10.0 Å². The zero-order valence-electron chi connectivity index (χ0n) is 13.3. The van der Waals surface area contributed by atoms with E-state index in [1.807, 2.05) is 0 Å². The van der Waals surface area contributed by atoms with Gasteiger partial charge in [0.25, 0.3) is 5.56 Å². The molecule has 0 unspecified atom stereocenters. The Balaban J connectivity index is 1.73. The number of H-pyrrole nitrogens is 2. The van der Waals surface area contributed by atoms with Crippen LogP contribution in [0.3, 0.4) is 0 Å². The summed E-state index contributed by atoms with van der Waals surface area (Å²) in [5.41, 5.74) is 1.47. The van der Waals surface area contributed by atoms with Gasteiger partial charge in [0, 0.05) is 19.2 Å². The van der Waals surface area contributed by atoms with Gasteiger partial charge in [-0.2, -0.15) is 4.31 Å². The molecule has 1 aliphatic rings. The molecule has 3 heterocycles. The van der Waals surface area contributed by atoms with Crippen LogP contribution in [0.2, 0.25) is 0 Å². The molecule has 0 bridgehead atoms. The Morgan fingerprint density at radius 2 is 1.92 bits per heavy atom. The lowest BCUT2D eigenvalue weighted by Crippen LogP contribution is -2.39. The molecule has 3 aromatic rings. The highest BCUT2D eigenvalue weighted by atomic mass is 32.2. The summed E-state index contributed by atoms with van der Waals surface area (Å²) in [5, 5.41) is 0. The molecule has 2 aromatic heterocycles. The molecule has 1 aromatic carbocycles. The summed E-state index contributed by atoms with van der Waals surface area (Å²) in [7, 11) is -2.14. The minimum absolute atomic E-state index is 0.0510. The van der Waals surface area contributed by atoms with Gasteiger partial charge in [-0.3, -0.25) is 4.79 Å². The van der Waals surface area contributed by atoms with Gasteiger partial charge in [-0.25, -0.2) is 18.2 Å². The van der Waals surface area contributed by atoms with Crippen molar-refractivity contribution in [3.05, 3.63) is 56.6 Å². The number of nitrogens with one attached hydrogen (secondary N) is 2. The molecular weight excluding hydrogens is 346 g/mol. The third-order valence-corrected chi connectivity index (χ3v) is 6.22. The minimum atomic E-state index is -3.76. The van der Waals surface area contributed by atoms with E-state index >= 15 is 0 Å². The van der Waals surface area contributed by atoms with Gasteiger partial charge in [-0.1, -0.05) is 0 Å². The predicted molar refractivity (Wildman–Crippen MR) is 89.7 cm³/mol. The van der Waals surface area contributed by atoms with E-state index in [0.29, 0.717) is 28.7 Å². The fourth-order valence-corrected chi connectivity index (χ4v) is 4.45. The Kier molecular flexibility index (Phi) is 3.41. The van der Waals surface area contributed by atoms with Crippen molar-refractivity contribution in [3.63, 3.8) is 0 Å². The van der Waals surface area contributed by atoms with Gasteiger partial charge in [-0.05, 0) is 24.6 Å². The van der Waals surface area contributed by atoms with Crippen LogP contribution in [0.25, 0.3) is 11.0 Å². The molecule has 0 spiro atoms. The third kappa shape index (κ3) is 2.50. The van der Waals surface area contributed by atoms with E-state index in [-0.39, 0.29) is 23.5 Å². The number of sulfonamides is 1. The van der Waals surface area contributed by atoms with Gasteiger partial charge in [0.1, 0.15) is 0 Å². The molecule has 2 N–H and O–H groups in total. The van der Waals surface area contributed by atoms with Crippen molar-refractivity contribution in [1.82, 2.24) is 23.8 Å². The van der Waals surface area contributed by atoms with Crippen LogP contribution in [0.15, 0.2) is 39.0 Å². The van der Waals surface area contributed by atoms with Gasteiger partial charge in [0.05, 0.1) is 34.5 Å². The Morgan fingerprint density at radius 3 is 2.72 bits per heavy atom. The number of rotatable bonds is 2. The second-order valence-corrected chi connectivity index (χ2v) is 7.90. The van der Waals surface area contributed by atoms with Crippen molar-refractivity contribution < 1.29 is 8.42 Å². The maximum atomic E-state index is 12.9. The van der Waals surface area contributed by atoms with Crippen molar-refractivity contribution in [2.24, 2.45) is 7.05 Å². The molecule has 0 saturated carbocycles. The van der Waals surface area contributed by atoms with Crippen molar-refractivity contribution in [2.75, 3.05) is 6.54 Å². The summed E-state index contributed by atoms with van der Waals surface area (Å²) in [5.74, 6) is 0. The number of hydrogen-bond donors (Lipinski definition) is 2. The number of aryl methyl sites for hydroxylation is 1. The summed E-state index contributed by atoms with van der Waals surface area (Å²) in [6.07, 6.45) is 1.71. The lowest BCUT2D eigenvalue weighted by Gasteiger charge is -2.27. The van der Waals surface area contributed by atoms with E-state index in [0.717, 1.165) is 0 Å². The first kappa shape index (κ1) is 15.8. The fraction of sp³-hybridized carbons (Fsp3) is 0.267. The quantitative estimate of drug-likeness (QED) is 0.649. The van der Waals surface area contributed by atoms with E-state index in [1.54, 1.807) is 13.1 Å². The molecule has 0 amide bonds. The summed E-state index contributed by atoms with van der Waals surface area (Å²) in [6.45, 7) is 0.257. The number of aromatic amines is 2. The fourth-order valence-electron chi connectivity index (χ4n) is 3.02. The van der Waals surface area contributed by atoms with E-state index in [4.69, 9.17) is 0 Å². The zero-order chi connectivity index (χ0) is 17.8. The van der Waals surface area contributed by atoms with Crippen LogP contribution in [0.4, 0.5) is 0 Å². The maximum Gasteiger partial charge on any atom is 0.323 e. The minimum Gasteiger partial charge on any atom is -0.306 e. The molecule has 0 saturated heterocycles. The monoisotopic (exact) mass is 361 g/mol. The molecular formula is C15H15N5O4S. The number of imidazole rings is 1. The van der Waals surface area contributed by atoms with Gasteiger partial charge < -0.3 is 14.5 Å². The highest BCUT2D eigenvalue weighted by Crippen LogP contribution is 2.24. The van der Waals surface area contributed by atoms with Crippen LogP contribution < -0.4 is 11.2 Å². The SMILES string of the molecule is Cn1cnc2c(c1=O)CCN(S(=O)(=O)c1ccc3[nH]c(=O)[nH]c3c1)C2. The van der Waals surface area contributed by atoms with Gasteiger partial charge in [-0.15, -0.1) is 0 Å². The van der Waals surface area contributed by atoms with Crippen molar-refractivity contribution in [1.29, 1.82) is 0 Å². The first-order chi connectivity index (χ1) is 11.9. The molecule has 0 radical (unpaired) electrons. The number of benzene rings is 1. The van der Waals surface area contributed by atoms with Crippen LogP contribution in [-0.4, -0.2) is 38.8 Å². The van der Waals surface area contributed by atoms with Crippen molar-refractivity contribution >= 4 is 21.1 Å². The average Bonchev–Trinajstić information content (AvgIpc) is 2.97. The van der Waals surface area contributed by atoms with Crippen LogP contribution in [0.5, 0.6) is 0 Å². The van der Waals surface area contributed by atoms with Crippen molar-refractivity contribution in [3.8, 4) is 0 Å². The van der Waals surface area contributed by atoms with Crippen LogP contribution >= 0.6 is 0 Å². The van der Waals surface area contributed by atoms with E-state index in [1.165, 1.54) is 27.3 Å². The first-order valence-corrected chi connectivity index (χ1v) is 9.06. The van der Waals surface area contributed by atoms with Crippen LogP contribution in [-0.2, 0) is 30.0 Å². The zero-order valence-corrected chi connectivity index (χ0v) is 14.1. The summed E-state index contributed by atoms with van der Waals surface area (Å²) in [6, 6.07) is 4.43. The molecule has 0 atom stereocenters. The number of aromatic nitrogens is 4. The average molecular weight is 361 g/mol. The van der Waals surface area contributed by atoms with E-state index in [2.05, 4.69) is 15.0 Å². The molecule has 130 valence electrons. The second kappa shape index (κ2) is 5.39. The summed E-state index contributed by atoms with van der Waals surface area (Å²) < 4.78 is 28.5. The number of fused-ring (bicyclic) bond motifs is 2. The van der Waals surface area contributed by atoms with Crippen LogP contribution in [0.1, 0.15) is 11.3 Å². The molecule has 1 aliphatic heterocycles. The molecule has 10 heteroatoms. The van der Waals surface area contributed by atoms with Gasteiger partial charge >= 0.3 is 5.69 Å². The summed E-state index contributed by atoms with van der Waals surface area (Å²) >= 11 is 0. The van der Waals surface area contributed by atoms with E-state index in [9.17, 15) is 18.0 Å². The molecule has 0 aliphatic carbocycles. The third-order valence-electron chi connectivity index (χ3n) is 4.38. The first-order valence-electron chi connectivity index (χ1n) is 7.62.